The SMILES string of the molecule is N#Cc1ccc(-c2ccc(OCCCCCCCCCCCCOC(=O)c3ccc(-c4ccc(O)cc4)cc3)cc2)cc1. The molecule has 5 heteroatoms. The van der Waals surface area contributed by atoms with Crippen LogP contribution in [0.3, 0.4) is 0 Å². The zero-order valence-corrected chi connectivity index (χ0v) is 24.8. The van der Waals surface area contributed by atoms with Gasteiger partial charge in [-0.15, -0.1) is 0 Å². The number of hydrogen-bond acceptors (Lipinski definition) is 5. The Hall–Kier alpha value is -4.56. The third-order valence-corrected chi connectivity index (χ3v) is 7.56. The summed E-state index contributed by atoms with van der Waals surface area (Å²) in [5, 5.41) is 18.4. The first kappa shape index (κ1) is 31.4. The van der Waals surface area contributed by atoms with Crippen molar-refractivity contribution in [2.75, 3.05) is 13.2 Å². The number of rotatable bonds is 17. The number of benzene rings is 4. The standard InChI is InChI=1S/C38H41NO4/c39-29-30-11-13-31(14-12-30)34-21-25-37(26-22-34)42-27-9-7-5-3-1-2-4-6-8-10-28-43-38(41)35-17-15-32(16-18-35)33-19-23-36(40)24-20-33/h11-26,40H,1-10,27-28H2. The van der Waals surface area contributed by atoms with E-state index in [9.17, 15) is 9.90 Å². The van der Waals surface area contributed by atoms with Crippen LogP contribution in [0.5, 0.6) is 11.5 Å². The van der Waals surface area contributed by atoms with E-state index in [0.29, 0.717) is 17.7 Å². The Labute approximate surface area is 255 Å². The summed E-state index contributed by atoms with van der Waals surface area (Å²) in [5.41, 5.74) is 5.42. The van der Waals surface area contributed by atoms with Crippen molar-refractivity contribution in [1.29, 1.82) is 5.26 Å². The number of ether oxygens (including phenoxy) is 2. The maximum absolute atomic E-state index is 12.3. The molecule has 0 radical (unpaired) electrons. The molecule has 0 heterocycles. The highest BCUT2D eigenvalue weighted by Crippen LogP contribution is 2.24. The number of phenols is 1. The van der Waals surface area contributed by atoms with Crippen molar-refractivity contribution in [1.82, 2.24) is 0 Å². The summed E-state index contributed by atoms with van der Waals surface area (Å²) >= 11 is 0. The minimum Gasteiger partial charge on any atom is -0.508 e. The molecule has 0 aliphatic rings. The number of carbonyl (C=O) groups is 1. The van der Waals surface area contributed by atoms with E-state index in [-0.39, 0.29) is 11.7 Å². The smallest absolute Gasteiger partial charge is 0.338 e. The van der Waals surface area contributed by atoms with E-state index in [4.69, 9.17) is 14.7 Å². The minimum atomic E-state index is -0.278. The number of carbonyl (C=O) groups excluding carboxylic acids is 1. The Kier molecular flexibility index (Phi) is 12.7. The molecule has 1 N–H and O–H groups in total. The molecule has 222 valence electrons. The summed E-state index contributed by atoms with van der Waals surface area (Å²) in [5.74, 6) is 0.854. The second-order valence-corrected chi connectivity index (χ2v) is 10.9. The van der Waals surface area contributed by atoms with Gasteiger partial charge in [0, 0.05) is 0 Å². The van der Waals surface area contributed by atoms with Gasteiger partial charge in [0.05, 0.1) is 30.4 Å². The number of hydrogen-bond donors (Lipinski definition) is 1. The van der Waals surface area contributed by atoms with Crippen molar-refractivity contribution in [3.8, 4) is 39.8 Å². The Morgan fingerprint density at radius 1 is 0.558 bits per heavy atom. The largest absolute Gasteiger partial charge is 0.508 e. The third-order valence-electron chi connectivity index (χ3n) is 7.56. The van der Waals surface area contributed by atoms with E-state index in [1.807, 2.05) is 60.7 Å². The lowest BCUT2D eigenvalue weighted by Crippen LogP contribution is -2.06. The molecule has 0 unspecified atom stereocenters. The molecule has 4 aromatic rings. The molecular formula is C38H41NO4. The maximum atomic E-state index is 12.3. The number of esters is 1. The van der Waals surface area contributed by atoms with Gasteiger partial charge < -0.3 is 14.6 Å². The first-order valence-corrected chi connectivity index (χ1v) is 15.4. The van der Waals surface area contributed by atoms with Crippen molar-refractivity contribution < 1.29 is 19.4 Å². The van der Waals surface area contributed by atoms with Crippen LogP contribution < -0.4 is 4.74 Å². The van der Waals surface area contributed by atoms with Crippen LogP contribution in [0.15, 0.2) is 97.1 Å². The van der Waals surface area contributed by atoms with E-state index in [1.54, 1.807) is 24.3 Å². The summed E-state index contributed by atoms with van der Waals surface area (Å²) in [6, 6.07) is 32.3. The van der Waals surface area contributed by atoms with E-state index in [0.717, 1.165) is 53.9 Å². The third kappa shape index (κ3) is 10.7. The van der Waals surface area contributed by atoms with Gasteiger partial charge in [-0.3, -0.25) is 0 Å². The van der Waals surface area contributed by atoms with Crippen LogP contribution >= 0.6 is 0 Å². The highest BCUT2D eigenvalue weighted by Gasteiger charge is 2.07. The Balaban J connectivity index is 0.954. The number of nitrogens with zero attached hydrogens (tertiary/aromatic N) is 1. The zero-order valence-electron chi connectivity index (χ0n) is 24.8. The number of phenolic OH excluding ortho intramolecular Hbond substituents is 1. The van der Waals surface area contributed by atoms with Crippen molar-refractivity contribution >= 4 is 5.97 Å². The van der Waals surface area contributed by atoms with E-state index < -0.39 is 0 Å². The average molecular weight is 576 g/mol. The fourth-order valence-electron chi connectivity index (χ4n) is 4.99. The van der Waals surface area contributed by atoms with Crippen LogP contribution in [-0.4, -0.2) is 24.3 Å². The Morgan fingerprint density at radius 3 is 1.49 bits per heavy atom. The molecule has 4 rings (SSSR count). The van der Waals surface area contributed by atoms with Gasteiger partial charge in [0.25, 0.3) is 0 Å². The highest BCUT2D eigenvalue weighted by molar-refractivity contribution is 5.90. The van der Waals surface area contributed by atoms with Gasteiger partial charge in [-0.1, -0.05) is 99.9 Å². The lowest BCUT2D eigenvalue weighted by Gasteiger charge is -2.08. The zero-order chi connectivity index (χ0) is 30.1. The molecule has 0 aromatic heterocycles. The molecule has 0 spiro atoms. The second kappa shape index (κ2) is 17.4. The summed E-state index contributed by atoms with van der Waals surface area (Å²) in [6.45, 7) is 1.20. The van der Waals surface area contributed by atoms with Gasteiger partial charge in [-0.05, 0) is 83.6 Å². The van der Waals surface area contributed by atoms with Crippen molar-refractivity contribution in [3.63, 3.8) is 0 Å². The van der Waals surface area contributed by atoms with Gasteiger partial charge in [-0.25, -0.2) is 4.79 Å². The second-order valence-electron chi connectivity index (χ2n) is 10.9. The fourth-order valence-corrected chi connectivity index (χ4v) is 4.99. The van der Waals surface area contributed by atoms with Crippen molar-refractivity contribution in [2.24, 2.45) is 0 Å². The summed E-state index contributed by atoms with van der Waals surface area (Å²) < 4.78 is 11.4. The number of nitriles is 1. The van der Waals surface area contributed by atoms with E-state index in [1.165, 1.54) is 44.9 Å². The molecule has 0 aliphatic heterocycles. The van der Waals surface area contributed by atoms with Gasteiger partial charge in [-0.2, -0.15) is 5.26 Å². The van der Waals surface area contributed by atoms with Gasteiger partial charge in [0.2, 0.25) is 0 Å². The molecule has 0 bridgehead atoms. The highest BCUT2D eigenvalue weighted by atomic mass is 16.5. The average Bonchev–Trinajstić information content (AvgIpc) is 3.05. The van der Waals surface area contributed by atoms with E-state index >= 15 is 0 Å². The molecule has 5 nitrogen and oxygen atoms in total. The lowest BCUT2D eigenvalue weighted by atomic mass is 10.0. The van der Waals surface area contributed by atoms with Crippen LogP contribution in [0.2, 0.25) is 0 Å². The number of unbranched alkanes of at least 4 members (excludes halogenated alkanes) is 9. The summed E-state index contributed by atoms with van der Waals surface area (Å²) in [6.07, 6.45) is 11.7. The molecule has 0 saturated carbocycles. The van der Waals surface area contributed by atoms with Gasteiger partial charge in [0.15, 0.2) is 0 Å². The minimum absolute atomic E-state index is 0.235. The van der Waals surface area contributed by atoms with Crippen LogP contribution in [0.25, 0.3) is 22.3 Å². The molecule has 0 atom stereocenters. The van der Waals surface area contributed by atoms with Crippen molar-refractivity contribution in [3.05, 3.63) is 108 Å². The Bertz CT molecular complexity index is 1420. The number of aromatic hydroxyl groups is 1. The topological polar surface area (TPSA) is 79.5 Å². The molecular weight excluding hydrogens is 534 g/mol. The van der Waals surface area contributed by atoms with Crippen molar-refractivity contribution in [2.45, 2.75) is 64.2 Å². The molecule has 0 saturated heterocycles. The molecule has 4 aromatic carbocycles. The molecule has 0 aliphatic carbocycles. The van der Waals surface area contributed by atoms with Crippen LogP contribution in [-0.2, 0) is 4.74 Å². The quantitative estimate of drug-likeness (QED) is 0.100. The van der Waals surface area contributed by atoms with Crippen LogP contribution in [0.4, 0.5) is 0 Å². The predicted molar refractivity (Wildman–Crippen MR) is 172 cm³/mol. The molecule has 0 fully saturated rings. The fraction of sp³-hybridized carbons (Fsp3) is 0.316. The van der Waals surface area contributed by atoms with Crippen LogP contribution in [0.1, 0.15) is 80.1 Å². The molecule has 43 heavy (non-hydrogen) atoms. The Morgan fingerprint density at radius 2 is 0.977 bits per heavy atom. The first-order chi connectivity index (χ1) is 21.1. The summed E-state index contributed by atoms with van der Waals surface area (Å²) in [7, 11) is 0. The maximum Gasteiger partial charge on any atom is 0.338 e. The molecule has 0 amide bonds. The van der Waals surface area contributed by atoms with Gasteiger partial charge in [0.1, 0.15) is 11.5 Å². The lowest BCUT2D eigenvalue weighted by molar-refractivity contribution is 0.0497. The van der Waals surface area contributed by atoms with E-state index in [2.05, 4.69) is 18.2 Å². The predicted octanol–water partition coefficient (Wildman–Crippen LogP) is 9.73. The normalized spacial score (nSPS) is 10.7. The van der Waals surface area contributed by atoms with Crippen LogP contribution in [0, 0.1) is 11.3 Å². The van der Waals surface area contributed by atoms with Gasteiger partial charge >= 0.3 is 5.97 Å². The summed E-state index contributed by atoms with van der Waals surface area (Å²) in [4.78, 5) is 12.3. The first-order valence-electron chi connectivity index (χ1n) is 15.4. The monoisotopic (exact) mass is 575 g/mol.